The van der Waals surface area contributed by atoms with Crippen molar-refractivity contribution in [1.29, 1.82) is 0 Å². The lowest BCUT2D eigenvalue weighted by atomic mass is 9.94. The Hall–Kier alpha value is 0.0300. The first-order valence-corrected chi connectivity index (χ1v) is 24.3. The Morgan fingerprint density at radius 2 is 0.588 bits per heavy atom. The van der Waals surface area contributed by atoms with Gasteiger partial charge in [-0.25, -0.2) is 4.57 Å². The number of hydrogen-bond acceptors (Lipinski definition) is 3. The van der Waals surface area contributed by atoms with Crippen LogP contribution >= 0.6 is 7.82 Å². The van der Waals surface area contributed by atoms with Gasteiger partial charge in [-0.15, -0.1) is 0 Å². The fraction of sp³-hybridized carbons (Fsp3) is 1.00. The van der Waals surface area contributed by atoms with Crippen molar-refractivity contribution in [3.05, 3.63) is 0 Å². The van der Waals surface area contributed by atoms with Gasteiger partial charge in [0.25, 0.3) is 0 Å². The van der Waals surface area contributed by atoms with Crippen LogP contribution in [0.4, 0.5) is 0 Å². The number of ether oxygens (including phenoxy) is 1. The molecule has 51 heavy (non-hydrogen) atoms. The maximum absolute atomic E-state index is 8.88. The van der Waals surface area contributed by atoms with E-state index in [1.807, 2.05) is 0 Å². The second-order valence-electron chi connectivity index (χ2n) is 15.6. The topological polar surface area (TPSA) is 113 Å². The SMILES string of the molecule is CCCCCCCCCCC(CCCCCC)COCC(CCCCCC)CCCCCCCCCC.CCCCCCCCN.O=P(O)(O)O. The second-order valence-corrected chi connectivity index (χ2v) is 16.6. The van der Waals surface area contributed by atoms with E-state index in [-0.39, 0.29) is 0 Å². The molecule has 0 aromatic carbocycles. The van der Waals surface area contributed by atoms with Crippen LogP contribution < -0.4 is 5.73 Å². The molecule has 0 aromatic rings. The zero-order valence-electron chi connectivity index (χ0n) is 35.5. The van der Waals surface area contributed by atoms with E-state index < -0.39 is 7.82 Å². The molecule has 0 aliphatic rings. The largest absolute Gasteiger partial charge is 0.466 e. The monoisotopic (exact) mass is 750 g/mol. The van der Waals surface area contributed by atoms with E-state index in [1.165, 1.54) is 218 Å². The average molecular weight is 750 g/mol. The van der Waals surface area contributed by atoms with E-state index in [4.69, 9.17) is 29.7 Å². The maximum Gasteiger partial charge on any atom is 0.466 e. The minimum atomic E-state index is -4.64. The molecule has 0 spiro atoms. The van der Waals surface area contributed by atoms with E-state index in [2.05, 4.69) is 34.6 Å². The Morgan fingerprint density at radius 1 is 0.392 bits per heavy atom. The molecule has 5 N–H and O–H groups in total. The van der Waals surface area contributed by atoms with Crippen LogP contribution in [0.5, 0.6) is 0 Å². The first kappa shape index (κ1) is 55.4. The molecule has 0 fully saturated rings. The molecule has 7 heteroatoms. The number of phosphoric acid groups is 1. The van der Waals surface area contributed by atoms with Gasteiger partial charge in [-0.3, -0.25) is 0 Å². The smallest absolute Gasteiger partial charge is 0.381 e. The van der Waals surface area contributed by atoms with Crippen LogP contribution in [0.1, 0.15) is 253 Å². The third-order valence-corrected chi connectivity index (χ3v) is 10.1. The van der Waals surface area contributed by atoms with Crippen molar-refractivity contribution in [2.45, 2.75) is 253 Å². The number of nitrogens with two attached hydrogens (primary N) is 1. The minimum absolute atomic E-state index is 0.806. The normalized spacial score (nSPS) is 12.6. The molecule has 6 nitrogen and oxygen atoms in total. The minimum Gasteiger partial charge on any atom is -0.381 e. The van der Waals surface area contributed by atoms with Crippen molar-refractivity contribution in [2.75, 3.05) is 19.8 Å². The first-order chi connectivity index (χ1) is 24.7. The molecule has 0 saturated heterocycles. The van der Waals surface area contributed by atoms with E-state index in [1.54, 1.807) is 0 Å². The molecular weight excluding hydrogens is 653 g/mol. The van der Waals surface area contributed by atoms with Gasteiger partial charge in [-0.2, -0.15) is 0 Å². The summed E-state index contributed by atoms with van der Waals surface area (Å²) in [4.78, 5) is 21.6. The molecule has 0 rings (SSSR count). The highest BCUT2D eigenvalue weighted by molar-refractivity contribution is 7.45. The van der Waals surface area contributed by atoms with Crippen LogP contribution in [-0.4, -0.2) is 34.4 Å². The molecule has 0 heterocycles. The molecule has 0 amide bonds. The molecule has 0 saturated carbocycles. The second kappa shape index (κ2) is 48.0. The molecule has 0 aromatic heterocycles. The third kappa shape index (κ3) is 59.5. The molecule has 0 bridgehead atoms. The predicted octanol–water partition coefficient (Wildman–Crippen LogP) is 14.6. The van der Waals surface area contributed by atoms with Crippen molar-refractivity contribution < 1.29 is 24.0 Å². The summed E-state index contributed by atoms with van der Waals surface area (Å²) in [5.41, 5.74) is 5.34. The predicted molar refractivity (Wildman–Crippen MR) is 226 cm³/mol. The molecule has 0 aliphatic carbocycles. The molecule has 2 atom stereocenters. The Morgan fingerprint density at radius 3 is 0.824 bits per heavy atom. The van der Waals surface area contributed by atoms with Crippen LogP contribution in [0, 0.1) is 11.8 Å². The standard InChI is InChI=1S/C36H74O.C8H19N.H3O4P/c1-5-9-13-17-19-21-23-27-31-35(29-25-15-11-7-3)33-37-34-36(30-26-16-12-8-4)32-28-24-22-20-18-14-10-6-2;1-2-3-4-5-6-7-8-9;1-5(2,3)4/h35-36H,5-34H2,1-4H3;2-9H2,1H3;(H3,1,2,3,4). The first-order valence-electron chi connectivity index (χ1n) is 22.8. The molecular formula is C44H96NO5P. The summed E-state index contributed by atoms with van der Waals surface area (Å²) in [6.45, 7) is 14.5. The van der Waals surface area contributed by atoms with Gasteiger partial charge in [0.15, 0.2) is 0 Å². The zero-order chi connectivity index (χ0) is 38.5. The van der Waals surface area contributed by atoms with Crippen molar-refractivity contribution in [2.24, 2.45) is 17.6 Å². The van der Waals surface area contributed by atoms with Gasteiger partial charge in [0.05, 0.1) is 0 Å². The average Bonchev–Trinajstić information content (AvgIpc) is 3.09. The van der Waals surface area contributed by atoms with E-state index in [0.717, 1.165) is 31.6 Å². The molecule has 312 valence electrons. The maximum atomic E-state index is 8.88. The highest BCUT2D eigenvalue weighted by Gasteiger charge is 2.13. The summed E-state index contributed by atoms with van der Waals surface area (Å²) in [6.07, 6.45) is 47.7. The lowest BCUT2D eigenvalue weighted by Crippen LogP contribution is -2.16. The fourth-order valence-electron chi connectivity index (χ4n) is 6.80. The van der Waals surface area contributed by atoms with Crippen LogP contribution in [0.3, 0.4) is 0 Å². The third-order valence-electron chi connectivity index (χ3n) is 10.1. The number of rotatable bonds is 38. The van der Waals surface area contributed by atoms with Gasteiger partial charge < -0.3 is 25.2 Å². The van der Waals surface area contributed by atoms with Gasteiger partial charge in [0.2, 0.25) is 0 Å². The highest BCUT2D eigenvalue weighted by atomic mass is 31.2. The molecule has 0 radical (unpaired) electrons. The number of unbranched alkanes of at least 4 members (excludes halogenated alkanes) is 25. The zero-order valence-corrected chi connectivity index (χ0v) is 36.4. The summed E-state index contributed by atoms with van der Waals surface area (Å²) in [6, 6.07) is 0. The number of hydrogen-bond donors (Lipinski definition) is 4. The fourth-order valence-corrected chi connectivity index (χ4v) is 6.80. The van der Waals surface area contributed by atoms with Crippen molar-refractivity contribution in [1.82, 2.24) is 0 Å². The lowest BCUT2D eigenvalue weighted by Gasteiger charge is -2.21. The summed E-state index contributed by atoms with van der Waals surface area (Å²) < 4.78 is 15.4. The summed E-state index contributed by atoms with van der Waals surface area (Å²) in [5, 5.41) is 0. The van der Waals surface area contributed by atoms with Crippen LogP contribution in [0.15, 0.2) is 0 Å². The Bertz CT molecular complexity index is 597. The van der Waals surface area contributed by atoms with Crippen molar-refractivity contribution in [3.8, 4) is 0 Å². The Labute approximate surface area is 321 Å². The van der Waals surface area contributed by atoms with Gasteiger partial charge in [0.1, 0.15) is 0 Å². The highest BCUT2D eigenvalue weighted by Crippen LogP contribution is 2.26. The van der Waals surface area contributed by atoms with E-state index in [0.29, 0.717) is 0 Å². The lowest BCUT2D eigenvalue weighted by molar-refractivity contribution is 0.0587. The van der Waals surface area contributed by atoms with E-state index in [9.17, 15) is 0 Å². The van der Waals surface area contributed by atoms with Crippen molar-refractivity contribution >= 4 is 7.82 Å². The van der Waals surface area contributed by atoms with E-state index >= 15 is 0 Å². The van der Waals surface area contributed by atoms with Gasteiger partial charge in [0, 0.05) is 13.2 Å². The Kier molecular flexibility index (Phi) is 52.2. The summed E-state index contributed by atoms with van der Waals surface area (Å²) >= 11 is 0. The molecule has 0 aliphatic heterocycles. The molecule has 2 unspecified atom stereocenters. The van der Waals surface area contributed by atoms with Crippen LogP contribution in [0.25, 0.3) is 0 Å². The van der Waals surface area contributed by atoms with Crippen molar-refractivity contribution in [3.63, 3.8) is 0 Å². The van der Waals surface area contributed by atoms with Gasteiger partial charge in [-0.05, 0) is 50.5 Å². The van der Waals surface area contributed by atoms with Crippen LogP contribution in [-0.2, 0) is 9.30 Å². The summed E-state index contributed by atoms with van der Waals surface area (Å²) in [7, 11) is -4.64. The van der Waals surface area contributed by atoms with Gasteiger partial charge >= 0.3 is 7.82 Å². The summed E-state index contributed by atoms with van der Waals surface area (Å²) in [5.74, 6) is 1.61. The van der Waals surface area contributed by atoms with Gasteiger partial charge in [-0.1, -0.05) is 221 Å². The quantitative estimate of drug-likeness (QED) is 0.0369. The van der Waals surface area contributed by atoms with Crippen LogP contribution in [0.2, 0.25) is 0 Å². The Balaban J connectivity index is -0.00000137.